The molecule has 26 heavy (non-hydrogen) atoms. The predicted molar refractivity (Wildman–Crippen MR) is 99.2 cm³/mol. The minimum atomic E-state index is -0.491. The summed E-state index contributed by atoms with van der Waals surface area (Å²) in [6.45, 7) is -0.266. The van der Waals surface area contributed by atoms with Gasteiger partial charge in [0.15, 0.2) is 6.61 Å². The Balaban J connectivity index is 1.53. The smallest absolute Gasteiger partial charge is 0.270 e. The Bertz CT molecular complexity index is 985. The summed E-state index contributed by atoms with van der Waals surface area (Å²) in [5.74, 6) is -0.350. The van der Waals surface area contributed by atoms with Crippen LogP contribution in [0.15, 0.2) is 71.9 Å². The minimum absolute atomic E-state index is 0.0389. The van der Waals surface area contributed by atoms with Crippen LogP contribution in [0.25, 0.3) is 10.8 Å². The van der Waals surface area contributed by atoms with Crippen molar-refractivity contribution < 1.29 is 14.6 Å². The van der Waals surface area contributed by atoms with Crippen LogP contribution in [-0.4, -0.2) is 23.7 Å². The van der Waals surface area contributed by atoms with Gasteiger partial charge in [-0.2, -0.15) is 0 Å². The molecule has 7 nitrogen and oxygen atoms in total. The van der Waals surface area contributed by atoms with Gasteiger partial charge in [-0.15, -0.1) is 0 Å². The average Bonchev–Trinajstić information content (AvgIpc) is 2.65. The van der Waals surface area contributed by atoms with Gasteiger partial charge in [0.25, 0.3) is 11.6 Å². The summed E-state index contributed by atoms with van der Waals surface area (Å²) in [5, 5.41) is 19.2. The number of carbonyl (C=O) groups is 1. The van der Waals surface area contributed by atoms with Crippen LogP contribution in [0, 0.1) is 10.1 Å². The summed E-state index contributed by atoms with van der Waals surface area (Å²) in [7, 11) is 0. The maximum Gasteiger partial charge on any atom is 0.270 e. The summed E-state index contributed by atoms with van der Waals surface area (Å²) < 4.78 is 0. The van der Waals surface area contributed by atoms with Gasteiger partial charge in [-0.3, -0.25) is 14.9 Å². The van der Waals surface area contributed by atoms with E-state index in [9.17, 15) is 14.9 Å². The summed E-state index contributed by atoms with van der Waals surface area (Å²) >= 11 is 0. The maximum absolute atomic E-state index is 11.9. The number of benzene rings is 3. The second-order valence-corrected chi connectivity index (χ2v) is 5.47. The van der Waals surface area contributed by atoms with Gasteiger partial charge in [0, 0.05) is 23.4 Å². The van der Waals surface area contributed by atoms with E-state index in [0.717, 1.165) is 10.8 Å². The third-order valence-electron chi connectivity index (χ3n) is 3.59. The quantitative estimate of drug-likeness (QED) is 0.417. The second-order valence-electron chi connectivity index (χ2n) is 5.47. The lowest BCUT2D eigenvalue weighted by Crippen LogP contribution is -2.16. The van der Waals surface area contributed by atoms with E-state index < -0.39 is 4.92 Å². The van der Waals surface area contributed by atoms with Crippen LogP contribution in [0.4, 0.5) is 11.4 Å². The molecular weight excluding hydrogens is 334 g/mol. The average molecular weight is 349 g/mol. The lowest BCUT2D eigenvalue weighted by molar-refractivity contribution is -0.384. The van der Waals surface area contributed by atoms with Gasteiger partial charge < -0.3 is 10.2 Å². The molecule has 3 aromatic rings. The number of fused-ring (bicyclic) bond motifs is 1. The van der Waals surface area contributed by atoms with Gasteiger partial charge in [0.1, 0.15) is 0 Å². The fourth-order valence-electron chi connectivity index (χ4n) is 2.38. The van der Waals surface area contributed by atoms with Crippen LogP contribution in [0.1, 0.15) is 5.56 Å². The van der Waals surface area contributed by atoms with Crippen molar-refractivity contribution in [1.82, 2.24) is 0 Å². The van der Waals surface area contributed by atoms with Gasteiger partial charge in [-0.25, -0.2) is 0 Å². The number of hydrogen-bond donors (Lipinski definition) is 1. The zero-order valence-electron chi connectivity index (χ0n) is 13.7. The molecule has 3 rings (SSSR count). The first-order valence-corrected chi connectivity index (χ1v) is 7.80. The molecule has 0 saturated carbocycles. The molecule has 0 aliphatic heterocycles. The van der Waals surface area contributed by atoms with Crippen molar-refractivity contribution in [2.75, 3.05) is 11.9 Å². The van der Waals surface area contributed by atoms with E-state index in [2.05, 4.69) is 10.5 Å². The van der Waals surface area contributed by atoms with Crippen LogP contribution in [0.5, 0.6) is 0 Å². The number of rotatable bonds is 6. The lowest BCUT2D eigenvalue weighted by Gasteiger charge is -2.05. The SMILES string of the molecule is O=C(CO/N=C\c1cccc([N+](=O)[O-])c1)Nc1ccc2ccccc2c1. The topological polar surface area (TPSA) is 93.8 Å². The fourth-order valence-corrected chi connectivity index (χ4v) is 2.38. The molecule has 3 aromatic carbocycles. The van der Waals surface area contributed by atoms with E-state index in [4.69, 9.17) is 4.84 Å². The third-order valence-corrected chi connectivity index (χ3v) is 3.59. The Labute approximate surface area is 149 Å². The van der Waals surface area contributed by atoms with Crippen LogP contribution in [-0.2, 0) is 9.63 Å². The highest BCUT2D eigenvalue weighted by Gasteiger charge is 2.05. The Kier molecular flexibility index (Phi) is 5.19. The first-order valence-electron chi connectivity index (χ1n) is 7.80. The van der Waals surface area contributed by atoms with Crippen LogP contribution in [0.3, 0.4) is 0 Å². The molecule has 0 aliphatic carbocycles. The molecule has 0 heterocycles. The summed E-state index contributed by atoms with van der Waals surface area (Å²) in [6, 6.07) is 19.4. The Morgan fingerprint density at radius 2 is 1.88 bits per heavy atom. The largest absolute Gasteiger partial charge is 0.386 e. The monoisotopic (exact) mass is 349 g/mol. The van der Waals surface area contributed by atoms with Crippen molar-refractivity contribution in [3.63, 3.8) is 0 Å². The predicted octanol–water partition coefficient (Wildman–Crippen LogP) is 3.74. The number of oxime groups is 1. The van der Waals surface area contributed by atoms with E-state index in [1.54, 1.807) is 12.1 Å². The highest BCUT2D eigenvalue weighted by molar-refractivity contribution is 5.95. The summed E-state index contributed by atoms with van der Waals surface area (Å²) in [4.78, 5) is 27.1. The van der Waals surface area contributed by atoms with Crippen molar-refractivity contribution in [3.05, 3.63) is 82.4 Å². The highest BCUT2D eigenvalue weighted by Crippen LogP contribution is 2.18. The minimum Gasteiger partial charge on any atom is -0.386 e. The Morgan fingerprint density at radius 3 is 2.69 bits per heavy atom. The van der Waals surface area contributed by atoms with Gasteiger partial charge in [-0.05, 0) is 22.9 Å². The third kappa shape index (κ3) is 4.41. The van der Waals surface area contributed by atoms with Crippen LogP contribution < -0.4 is 5.32 Å². The fraction of sp³-hybridized carbons (Fsp3) is 0.0526. The van der Waals surface area contributed by atoms with Crippen LogP contribution >= 0.6 is 0 Å². The molecule has 0 spiro atoms. The molecule has 0 radical (unpaired) electrons. The lowest BCUT2D eigenvalue weighted by atomic mass is 10.1. The molecule has 0 atom stereocenters. The van der Waals surface area contributed by atoms with Crippen molar-refractivity contribution in [1.29, 1.82) is 0 Å². The molecule has 130 valence electrons. The molecule has 0 unspecified atom stereocenters. The molecule has 1 amide bonds. The molecule has 1 N–H and O–H groups in total. The van der Waals surface area contributed by atoms with Crippen molar-refractivity contribution >= 4 is 34.3 Å². The van der Waals surface area contributed by atoms with Gasteiger partial charge in [-0.1, -0.05) is 47.6 Å². The van der Waals surface area contributed by atoms with Gasteiger partial charge in [0.05, 0.1) is 11.1 Å². The Morgan fingerprint density at radius 1 is 1.08 bits per heavy atom. The standard InChI is InChI=1S/C19H15N3O4/c23-19(21-17-9-8-15-5-1-2-6-16(15)11-17)13-26-20-12-14-4-3-7-18(10-14)22(24)25/h1-12H,13H2,(H,21,23)/b20-12-. The number of nitrogens with zero attached hydrogens (tertiary/aromatic N) is 2. The molecule has 0 fully saturated rings. The van der Waals surface area contributed by atoms with Gasteiger partial charge >= 0.3 is 0 Å². The summed E-state index contributed by atoms with van der Waals surface area (Å²) in [5.41, 5.74) is 1.14. The number of non-ortho nitro benzene ring substituents is 1. The molecule has 0 bridgehead atoms. The molecule has 7 heteroatoms. The maximum atomic E-state index is 11.9. The highest BCUT2D eigenvalue weighted by atomic mass is 16.6. The normalized spacial score (nSPS) is 10.8. The van der Waals surface area contributed by atoms with E-state index in [1.807, 2.05) is 42.5 Å². The molecule has 0 saturated heterocycles. The number of amides is 1. The number of carbonyl (C=O) groups excluding carboxylic acids is 1. The Hall–Kier alpha value is -3.74. The van der Waals surface area contributed by atoms with Crippen LogP contribution in [0.2, 0.25) is 0 Å². The number of nitro groups is 1. The second kappa shape index (κ2) is 7.89. The van der Waals surface area contributed by atoms with Crippen molar-refractivity contribution in [2.24, 2.45) is 5.16 Å². The number of nitro benzene ring substituents is 1. The number of hydrogen-bond acceptors (Lipinski definition) is 5. The zero-order chi connectivity index (χ0) is 18.4. The van der Waals surface area contributed by atoms with Crippen molar-refractivity contribution in [3.8, 4) is 0 Å². The van der Waals surface area contributed by atoms with Crippen molar-refractivity contribution in [2.45, 2.75) is 0 Å². The van der Waals surface area contributed by atoms with E-state index in [0.29, 0.717) is 11.3 Å². The van der Waals surface area contributed by atoms with Gasteiger partial charge in [0.2, 0.25) is 0 Å². The number of nitrogens with one attached hydrogen (secondary N) is 1. The summed E-state index contributed by atoms with van der Waals surface area (Å²) in [6.07, 6.45) is 1.32. The molecule has 0 aromatic heterocycles. The van der Waals surface area contributed by atoms with E-state index >= 15 is 0 Å². The zero-order valence-corrected chi connectivity index (χ0v) is 13.7. The molecular formula is C19H15N3O4. The first-order chi connectivity index (χ1) is 12.6. The molecule has 0 aliphatic rings. The number of anilines is 1. The van der Waals surface area contributed by atoms with E-state index in [-0.39, 0.29) is 18.2 Å². The van der Waals surface area contributed by atoms with E-state index in [1.165, 1.54) is 18.3 Å². The first kappa shape index (κ1) is 17.1.